The predicted octanol–water partition coefficient (Wildman–Crippen LogP) is 3.12. The molecule has 2 aliphatic rings. The smallest absolute Gasteiger partial charge is 0.318 e. The maximum Gasteiger partial charge on any atom is 0.318 e. The van der Waals surface area contributed by atoms with E-state index in [-0.39, 0.29) is 12.1 Å². The Morgan fingerprint density at radius 2 is 1.97 bits per heavy atom. The Kier molecular flexibility index (Phi) is 5.60. The minimum atomic E-state index is -0.250. The second-order valence-corrected chi connectivity index (χ2v) is 7.97. The van der Waals surface area contributed by atoms with Gasteiger partial charge >= 0.3 is 6.03 Å². The minimum Gasteiger partial charge on any atom is -0.377 e. The van der Waals surface area contributed by atoms with Gasteiger partial charge in [0.05, 0.1) is 31.1 Å². The number of hydrogen-bond acceptors (Lipinski definition) is 6. The molecule has 0 bridgehead atoms. The normalized spacial score (nSPS) is 17.3. The number of nitrogens with one attached hydrogen (secondary N) is 2. The van der Waals surface area contributed by atoms with E-state index in [1.165, 1.54) is 5.56 Å². The maximum absolute atomic E-state index is 11.5. The number of carbonyl (C=O) groups excluding carboxylic acids is 1. The number of ether oxygens (including phenoxy) is 1. The van der Waals surface area contributed by atoms with Gasteiger partial charge in [0.15, 0.2) is 11.6 Å². The molecule has 32 heavy (non-hydrogen) atoms. The van der Waals surface area contributed by atoms with E-state index in [2.05, 4.69) is 49.7 Å². The highest BCUT2D eigenvalue weighted by molar-refractivity contribution is 5.89. The van der Waals surface area contributed by atoms with Crippen molar-refractivity contribution in [2.24, 2.45) is 0 Å². The number of anilines is 3. The molecule has 2 amide bonds. The molecule has 5 rings (SSSR count). The molecule has 1 unspecified atom stereocenters. The number of benzene rings is 2. The summed E-state index contributed by atoms with van der Waals surface area (Å²) in [6, 6.07) is 18.0. The van der Waals surface area contributed by atoms with Gasteiger partial charge in [-0.15, -0.1) is 0 Å². The van der Waals surface area contributed by atoms with Crippen LogP contribution in [0.3, 0.4) is 0 Å². The summed E-state index contributed by atoms with van der Waals surface area (Å²) in [6.07, 6.45) is 1.93. The van der Waals surface area contributed by atoms with Gasteiger partial charge in [-0.3, -0.25) is 0 Å². The first-order valence-corrected chi connectivity index (χ1v) is 10.8. The van der Waals surface area contributed by atoms with E-state index < -0.39 is 0 Å². The van der Waals surface area contributed by atoms with Crippen LogP contribution < -0.4 is 20.4 Å². The van der Waals surface area contributed by atoms with E-state index >= 15 is 0 Å². The van der Waals surface area contributed by atoms with Crippen molar-refractivity contribution in [3.63, 3.8) is 0 Å². The lowest BCUT2D eigenvalue weighted by atomic mass is 10.1. The highest BCUT2D eigenvalue weighted by Crippen LogP contribution is 2.36. The first kappa shape index (κ1) is 20.3. The number of hydrogen-bond donors (Lipinski definition) is 2. The molecule has 3 heterocycles. The molecule has 0 aliphatic carbocycles. The third-order valence-corrected chi connectivity index (χ3v) is 5.87. The zero-order chi connectivity index (χ0) is 21.9. The number of aromatic nitrogens is 2. The van der Waals surface area contributed by atoms with Crippen LogP contribution in [0.15, 0.2) is 60.8 Å². The van der Waals surface area contributed by atoms with Gasteiger partial charge in [0.25, 0.3) is 0 Å². The molecule has 2 aliphatic heterocycles. The molecule has 1 aromatic heterocycles. The van der Waals surface area contributed by atoms with Crippen LogP contribution in [0.5, 0.6) is 0 Å². The molecule has 0 spiro atoms. The summed E-state index contributed by atoms with van der Waals surface area (Å²) in [7, 11) is 1.59. The lowest BCUT2D eigenvalue weighted by molar-refractivity contribution is 0.0936. The second-order valence-electron chi connectivity index (χ2n) is 7.97. The van der Waals surface area contributed by atoms with Crippen LogP contribution >= 0.6 is 0 Å². The van der Waals surface area contributed by atoms with Gasteiger partial charge in [-0.05, 0) is 29.8 Å². The summed E-state index contributed by atoms with van der Waals surface area (Å²) in [5.41, 5.74) is 3.93. The Balaban J connectivity index is 1.46. The first-order valence-electron chi connectivity index (χ1n) is 10.8. The summed E-state index contributed by atoms with van der Waals surface area (Å²) in [5, 5.41) is 5.31. The largest absolute Gasteiger partial charge is 0.377 e. The van der Waals surface area contributed by atoms with Gasteiger partial charge in [0.1, 0.15) is 0 Å². The number of fused-ring (bicyclic) bond motifs is 3. The van der Waals surface area contributed by atoms with Crippen molar-refractivity contribution in [2.75, 3.05) is 48.5 Å². The summed E-state index contributed by atoms with van der Waals surface area (Å²) in [4.78, 5) is 25.9. The zero-order valence-electron chi connectivity index (χ0n) is 18.0. The van der Waals surface area contributed by atoms with Gasteiger partial charge in [-0.25, -0.2) is 14.8 Å². The summed E-state index contributed by atoms with van der Waals surface area (Å²) in [6.45, 7) is 3.91. The number of urea groups is 1. The van der Waals surface area contributed by atoms with E-state index in [4.69, 9.17) is 9.72 Å². The molecule has 0 saturated carbocycles. The molecular weight excluding hydrogens is 404 g/mol. The fourth-order valence-corrected chi connectivity index (χ4v) is 4.23. The molecule has 8 nitrogen and oxygen atoms in total. The van der Waals surface area contributed by atoms with Gasteiger partial charge in [0.2, 0.25) is 0 Å². The molecule has 2 N–H and O–H groups in total. The lowest BCUT2D eigenvalue weighted by Gasteiger charge is -2.45. The van der Waals surface area contributed by atoms with Crippen LogP contribution in [0.4, 0.5) is 22.0 Å². The van der Waals surface area contributed by atoms with Gasteiger partial charge in [-0.2, -0.15) is 0 Å². The van der Waals surface area contributed by atoms with Crippen molar-refractivity contribution in [3.8, 4) is 11.4 Å². The van der Waals surface area contributed by atoms with Crippen molar-refractivity contribution in [3.05, 3.63) is 66.4 Å². The van der Waals surface area contributed by atoms with Crippen molar-refractivity contribution in [2.45, 2.75) is 12.6 Å². The van der Waals surface area contributed by atoms with E-state index in [0.717, 1.165) is 36.7 Å². The van der Waals surface area contributed by atoms with Crippen LogP contribution in [0.1, 0.15) is 5.56 Å². The minimum absolute atomic E-state index is 0.250. The highest BCUT2D eigenvalue weighted by Gasteiger charge is 2.34. The maximum atomic E-state index is 11.5. The van der Waals surface area contributed by atoms with Crippen LogP contribution in [0, 0.1) is 0 Å². The van der Waals surface area contributed by atoms with E-state index in [0.29, 0.717) is 24.7 Å². The predicted molar refractivity (Wildman–Crippen MR) is 125 cm³/mol. The van der Waals surface area contributed by atoms with E-state index in [1.807, 2.05) is 36.5 Å². The molecule has 2 aromatic carbocycles. The van der Waals surface area contributed by atoms with Gasteiger partial charge < -0.3 is 25.2 Å². The Morgan fingerprint density at radius 3 is 2.75 bits per heavy atom. The van der Waals surface area contributed by atoms with Crippen molar-refractivity contribution >= 4 is 23.2 Å². The van der Waals surface area contributed by atoms with Crippen LogP contribution in [-0.4, -0.2) is 55.4 Å². The number of nitrogens with zero attached hydrogens (tertiary/aromatic N) is 4. The Labute approximate surface area is 187 Å². The lowest BCUT2D eigenvalue weighted by Crippen LogP contribution is -2.55. The molecule has 1 fully saturated rings. The number of amides is 2. The fourth-order valence-electron chi connectivity index (χ4n) is 4.23. The summed E-state index contributed by atoms with van der Waals surface area (Å²) >= 11 is 0. The number of carbonyl (C=O) groups is 1. The molecule has 0 radical (unpaired) electrons. The summed E-state index contributed by atoms with van der Waals surface area (Å²) < 4.78 is 5.77. The average molecular weight is 431 g/mol. The Hall–Kier alpha value is -3.65. The second kappa shape index (κ2) is 8.84. The fraction of sp³-hybridized carbons (Fsp3) is 0.292. The Morgan fingerprint density at radius 1 is 1.16 bits per heavy atom. The molecule has 1 atom stereocenters. The standard InChI is InChI=1S/C24H26N6O2/c1-25-24(31)27-19-9-7-18(8-10-19)22-26-13-21-23(28-22)30-11-12-32-16-20(30)15-29(21)14-17-5-3-2-4-6-17/h2-10,13,20H,11-12,14-16H2,1H3,(H2,25,27,31). The first-order chi connectivity index (χ1) is 15.7. The topological polar surface area (TPSA) is 82.6 Å². The third kappa shape index (κ3) is 4.09. The SMILES string of the molecule is CNC(=O)Nc1ccc(-c2ncc3c(n2)N2CCOCC2CN3Cc2ccccc2)cc1. The quantitative estimate of drug-likeness (QED) is 0.662. The molecule has 3 aromatic rings. The zero-order valence-corrected chi connectivity index (χ0v) is 18.0. The van der Waals surface area contributed by atoms with Gasteiger partial charge in [-0.1, -0.05) is 30.3 Å². The molecule has 1 saturated heterocycles. The number of morpholine rings is 1. The summed E-state index contributed by atoms with van der Waals surface area (Å²) in [5.74, 6) is 1.63. The number of rotatable bonds is 4. The van der Waals surface area contributed by atoms with Crippen molar-refractivity contribution in [1.82, 2.24) is 15.3 Å². The van der Waals surface area contributed by atoms with Crippen LogP contribution in [0.25, 0.3) is 11.4 Å². The molecule has 164 valence electrons. The van der Waals surface area contributed by atoms with Crippen molar-refractivity contribution in [1.29, 1.82) is 0 Å². The van der Waals surface area contributed by atoms with Gasteiger partial charge in [0, 0.05) is 37.9 Å². The van der Waals surface area contributed by atoms with Crippen LogP contribution in [-0.2, 0) is 11.3 Å². The van der Waals surface area contributed by atoms with E-state index in [9.17, 15) is 4.79 Å². The van der Waals surface area contributed by atoms with Crippen molar-refractivity contribution < 1.29 is 9.53 Å². The monoisotopic (exact) mass is 430 g/mol. The Bertz CT molecular complexity index is 1090. The van der Waals surface area contributed by atoms with Crippen LogP contribution in [0.2, 0.25) is 0 Å². The average Bonchev–Trinajstić information content (AvgIpc) is 2.85. The van der Waals surface area contributed by atoms with E-state index in [1.54, 1.807) is 7.05 Å². The third-order valence-electron chi connectivity index (χ3n) is 5.87. The molecule has 8 heteroatoms. The molecular formula is C24H26N6O2. The highest BCUT2D eigenvalue weighted by atomic mass is 16.5.